The number of fused-ring (bicyclic) bond motifs is 2. The van der Waals surface area contributed by atoms with E-state index in [1.807, 2.05) is 45.9 Å². The van der Waals surface area contributed by atoms with Crippen molar-refractivity contribution in [3.8, 4) is 23.0 Å². The lowest BCUT2D eigenvalue weighted by Gasteiger charge is -2.09. The van der Waals surface area contributed by atoms with Crippen molar-refractivity contribution in [3.63, 3.8) is 0 Å². The third-order valence-electron chi connectivity index (χ3n) is 5.37. The summed E-state index contributed by atoms with van der Waals surface area (Å²) in [7, 11) is 0. The molecule has 1 N–H and O–H groups in total. The second-order valence-corrected chi connectivity index (χ2v) is 7.35. The molecule has 6 aromatic rings. The van der Waals surface area contributed by atoms with Crippen LogP contribution in [0.4, 0.5) is 0 Å². The van der Waals surface area contributed by atoms with Crippen molar-refractivity contribution in [3.05, 3.63) is 84.7 Å². The molecule has 5 heterocycles. The number of H-pyrrole nitrogens is 1. The van der Waals surface area contributed by atoms with Crippen molar-refractivity contribution in [2.75, 3.05) is 0 Å². The van der Waals surface area contributed by atoms with Crippen molar-refractivity contribution in [1.82, 2.24) is 39.7 Å². The van der Waals surface area contributed by atoms with E-state index in [9.17, 15) is 0 Å². The molecule has 0 spiro atoms. The third-order valence-corrected chi connectivity index (χ3v) is 5.37. The van der Waals surface area contributed by atoms with Gasteiger partial charge in [0, 0.05) is 29.5 Å². The van der Waals surface area contributed by atoms with Gasteiger partial charge in [-0.1, -0.05) is 0 Å². The standard InChI is InChI=1S/C23H15N9/c24-9-15-1-3-18(25-10-15)14-31-22(5-6-28-31)17-7-23-21(26-11-17)13-29-32(23)19-4-2-16-12-27-30-20(16)8-19/h1-8,10-13H,14H2,(H,27,30). The number of aromatic amines is 1. The first kappa shape index (κ1) is 18.0. The third kappa shape index (κ3) is 2.98. The zero-order valence-electron chi connectivity index (χ0n) is 16.7. The van der Waals surface area contributed by atoms with E-state index >= 15 is 0 Å². The van der Waals surface area contributed by atoms with Gasteiger partial charge in [-0.2, -0.15) is 20.6 Å². The molecule has 0 aliphatic heterocycles. The van der Waals surface area contributed by atoms with Gasteiger partial charge < -0.3 is 0 Å². The van der Waals surface area contributed by atoms with E-state index < -0.39 is 0 Å². The second kappa shape index (κ2) is 7.14. The van der Waals surface area contributed by atoms with Crippen LogP contribution in [0.2, 0.25) is 0 Å². The summed E-state index contributed by atoms with van der Waals surface area (Å²) in [5.74, 6) is 0. The van der Waals surface area contributed by atoms with Gasteiger partial charge in [-0.15, -0.1) is 0 Å². The molecule has 9 heteroatoms. The van der Waals surface area contributed by atoms with E-state index in [0.717, 1.165) is 44.6 Å². The highest BCUT2D eigenvalue weighted by molar-refractivity contribution is 5.84. The van der Waals surface area contributed by atoms with Crippen LogP contribution in [0.15, 0.2) is 73.4 Å². The zero-order chi connectivity index (χ0) is 21.5. The Morgan fingerprint density at radius 3 is 2.78 bits per heavy atom. The molecule has 6 rings (SSSR count). The van der Waals surface area contributed by atoms with Crippen molar-refractivity contribution >= 4 is 21.9 Å². The Labute approximate surface area is 181 Å². The van der Waals surface area contributed by atoms with Crippen LogP contribution in [-0.2, 0) is 6.54 Å². The number of nitrogens with zero attached hydrogens (tertiary/aromatic N) is 8. The van der Waals surface area contributed by atoms with Crippen LogP contribution in [0.5, 0.6) is 0 Å². The lowest BCUT2D eigenvalue weighted by Crippen LogP contribution is -2.05. The highest BCUT2D eigenvalue weighted by Crippen LogP contribution is 2.25. The van der Waals surface area contributed by atoms with Crippen LogP contribution in [0.25, 0.3) is 38.9 Å². The van der Waals surface area contributed by atoms with E-state index in [-0.39, 0.29) is 0 Å². The number of pyridine rings is 2. The van der Waals surface area contributed by atoms with Crippen LogP contribution in [0.3, 0.4) is 0 Å². The quantitative estimate of drug-likeness (QED) is 0.470. The second-order valence-electron chi connectivity index (χ2n) is 7.35. The number of benzene rings is 1. The molecule has 32 heavy (non-hydrogen) atoms. The predicted molar refractivity (Wildman–Crippen MR) is 118 cm³/mol. The Morgan fingerprint density at radius 2 is 1.91 bits per heavy atom. The normalized spacial score (nSPS) is 11.2. The summed E-state index contributed by atoms with van der Waals surface area (Å²) in [5.41, 5.74) is 6.76. The molecule has 0 atom stereocenters. The summed E-state index contributed by atoms with van der Waals surface area (Å²) >= 11 is 0. The first-order chi connectivity index (χ1) is 15.8. The number of aromatic nitrogens is 8. The number of nitrogens with one attached hydrogen (secondary N) is 1. The summed E-state index contributed by atoms with van der Waals surface area (Å²) in [6, 6.07) is 15.7. The minimum Gasteiger partial charge on any atom is -0.278 e. The molecule has 0 unspecified atom stereocenters. The van der Waals surface area contributed by atoms with Gasteiger partial charge in [0.15, 0.2) is 0 Å². The molecule has 0 fully saturated rings. The smallest absolute Gasteiger partial charge is 0.109 e. The summed E-state index contributed by atoms with van der Waals surface area (Å²) in [5, 5.41) is 26.1. The average Bonchev–Trinajstić information content (AvgIpc) is 3.58. The molecule has 0 amide bonds. The molecule has 0 radical (unpaired) electrons. The van der Waals surface area contributed by atoms with E-state index in [1.165, 1.54) is 0 Å². The van der Waals surface area contributed by atoms with Crippen LogP contribution in [0, 0.1) is 11.3 Å². The number of hydrogen-bond acceptors (Lipinski definition) is 6. The molecule has 0 saturated carbocycles. The van der Waals surface area contributed by atoms with Crippen LogP contribution in [-0.4, -0.2) is 39.7 Å². The van der Waals surface area contributed by atoms with Crippen LogP contribution in [0.1, 0.15) is 11.3 Å². The fourth-order valence-electron chi connectivity index (χ4n) is 3.75. The number of nitriles is 1. The molecule has 5 aromatic heterocycles. The van der Waals surface area contributed by atoms with E-state index in [2.05, 4.69) is 42.5 Å². The van der Waals surface area contributed by atoms with Gasteiger partial charge in [-0.3, -0.25) is 19.7 Å². The maximum Gasteiger partial charge on any atom is 0.109 e. The molecule has 1 aromatic carbocycles. The molecular weight excluding hydrogens is 402 g/mol. The first-order valence-corrected chi connectivity index (χ1v) is 9.93. The number of hydrogen-bond donors (Lipinski definition) is 1. The van der Waals surface area contributed by atoms with Crippen molar-refractivity contribution < 1.29 is 0 Å². The summed E-state index contributed by atoms with van der Waals surface area (Å²) in [4.78, 5) is 8.96. The molecule has 152 valence electrons. The highest BCUT2D eigenvalue weighted by atomic mass is 15.3. The maximum absolute atomic E-state index is 8.97. The van der Waals surface area contributed by atoms with Crippen molar-refractivity contribution in [2.45, 2.75) is 6.54 Å². The minimum atomic E-state index is 0.488. The SMILES string of the molecule is N#Cc1ccc(Cn2nccc2-c2cnc3cnn(-c4ccc5cn[nH]c5c4)c3c2)nc1. The molecule has 0 bridgehead atoms. The monoisotopic (exact) mass is 417 g/mol. The molecule has 0 saturated heterocycles. The van der Waals surface area contributed by atoms with Gasteiger partial charge in [-0.05, 0) is 42.5 Å². The minimum absolute atomic E-state index is 0.488. The highest BCUT2D eigenvalue weighted by Gasteiger charge is 2.12. The van der Waals surface area contributed by atoms with Crippen molar-refractivity contribution in [1.29, 1.82) is 5.26 Å². The van der Waals surface area contributed by atoms with E-state index in [4.69, 9.17) is 5.26 Å². The molecule has 0 aliphatic rings. The lowest BCUT2D eigenvalue weighted by atomic mass is 10.2. The molecule has 0 aliphatic carbocycles. The summed E-state index contributed by atoms with van der Waals surface area (Å²) in [6.45, 7) is 0.488. The Morgan fingerprint density at radius 1 is 0.938 bits per heavy atom. The van der Waals surface area contributed by atoms with Crippen LogP contribution >= 0.6 is 0 Å². The first-order valence-electron chi connectivity index (χ1n) is 9.93. The van der Waals surface area contributed by atoms with Gasteiger partial charge in [0.25, 0.3) is 0 Å². The summed E-state index contributed by atoms with van der Waals surface area (Å²) in [6.07, 6.45) is 8.71. The largest absolute Gasteiger partial charge is 0.278 e. The van der Waals surface area contributed by atoms with E-state index in [1.54, 1.807) is 30.9 Å². The maximum atomic E-state index is 8.97. The Kier molecular flexibility index (Phi) is 4.01. The topological polar surface area (TPSA) is 114 Å². The van der Waals surface area contributed by atoms with Gasteiger partial charge in [-0.25, -0.2) is 4.68 Å². The average molecular weight is 417 g/mol. The van der Waals surface area contributed by atoms with Gasteiger partial charge in [0.1, 0.15) is 11.6 Å². The molecule has 9 nitrogen and oxygen atoms in total. The predicted octanol–water partition coefficient (Wildman–Crippen LogP) is 3.48. The van der Waals surface area contributed by atoms with Crippen molar-refractivity contribution in [2.24, 2.45) is 0 Å². The Bertz CT molecular complexity index is 1610. The zero-order valence-corrected chi connectivity index (χ0v) is 16.7. The van der Waals surface area contributed by atoms with Gasteiger partial charge in [0.05, 0.1) is 52.6 Å². The van der Waals surface area contributed by atoms with Gasteiger partial charge in [0.2, 0.25) is 0 Å². The summed E-state index contributed by atoms with van der Waals surface area (Å²) < 4.78 is 3.74. The fourth-order valence-corrected chi connectivity index (χ4v) is 3.75. The Hall–Kier alpha value is -4.84. The molecular formula is C23H15N9. The van der Waals surface area contributed by atoms with Crippen LogP contribution < -0.4 is 0 Å². The van der Waals surface area contributed by atoms with E-state index in [0.29, 0.717) is 12.1 Å². The van der Waals surface area contributed by atoms with Gasteiger partial charge >= 0.3 is 0 Å². The fraction of sp³-hybridized carbons (Fsp3) is 0.0435. The number of rotatable bonds is 4. The lowest BCUT2D eigenvalue weighted by molar-refractivity contribution is 0.679. The Balaban J connectivity index is 1.39.